The van der Waals surface area contributed by atoms with Crippen LogP contribution in [0.3, 0.4) is 0 Å². The molecule has 0 aromatic heterocycles. The smallest absolute Gasteiger partial charge is 0.416 e. The predicted octanol–water partition coefficient (Wildman–Crippen LogP) is 3.50. The molecule has 2 rings (SSSR count). The Morgan fingerprint density at radius 1 is 1.18 bits per heavy atom. The molecular formula is C18H21F3IN3O3. The molecule has 0 saturated heterocycles. The van der Waals surface area contributed by atoms with Crippen LogP contribution < -0.4 is 20.5 Å². The van der Waals surface area contributed by atoms with E-state index in [1.807, 2.05) is 0 Å². The molecule has 0 spiro atoms. The lowest BCUT2D eigenvalue weighted by Gasteiger charge is -2.12. The molecule has 0 fully saturated rings. The summed E-state index contributed by atoms with van der Waals surface area (Å²) < 4.78 is 47.8. The van der Waals surface area contributed by atoms with Crippen molar-refractivity contribution < 1.29 is 27.8 Å². The highest BCUT2D eigenvalue weighted by Gasteiger charge is 2.30. The minimum Gasteiger partial charge on any atom is -0.497 e. The average Bonchev–Trinajstić information content (AvgIpc) is 2.64. The Kier molecular flexibility index (Phi) is 9.32. The molecule has 0 saturated carbocycles. The maximum atomic E-state index is 12.5. The number of ether oxygens (including phenoxy) is 2. The van der Waals surface area contributed by atoms with E-state index in [-0.39, 0.29) is 48.8 Å². The highest BCUT2D eigenvalue weighted by molar-refractivity contribution is 14.0. The largest absolute Gasteiger partial charge is 0.497 e. The van der Waals surface area contributed by atoms with Crippen molar-refractivity contribution in [1.82, 2.24) is 0 Å². The lowest BCUT2D eigenvalue weighted by Crippen LogP contribution is -2.27. The Morgan fingerprint density at radius 3 is 2.46 bits per heavy atom. The first-order valence-corrected chi connectivity index (χ1v) is 7.97. The maximum absolute atomic E-state index is 12.5. The molecule has 154 valence electrons. The van der Waals surface area contributed by atoms with Gasteiger partial charge in [0.1, 0.15) is 24.2 Å². The SMILES string of the molecule is COc1cccc(NC(N)=NCC(O)COc2ccc(C(F)(F)F)cc2)c1.I. The Hall–Kier alpha value is -2.21. The zero-order valence-electron chi connectivity index (χ0n) is 14.9. The van der Waals surface area contributed by atoms with E-state index in [0.717, 1.165) is 12.1 Å². The summed E-state index contributed by atoms with van der Waals surface area (Å²) in [5.74, 6) is 0.961. The second kappa shape index (κ2) is 11.0. The first-order chi connectivity index (χ1) is 12.8. The van der Waals surface area contributed by atoms with E-state index >= 15 is 0 Å². The number of anilines is 1. The van der Waals surface area contributed by atoms with Crippen LogP contribution >= 0.6 is 24.0 Å². The number of nitrogens with zero attached hydrogens (tertiary/aromatic N) is 1. The number of methoxy groups -OCH3 is 1. The number of benzene rings is 2. The van der Waals surface area contributed by atoms with Crippen LogP contribution in [-0.2, 0) is 6.18 Å². The summed E-state index contributed by atoms with van der Waals surface area (Å²) in [6, 6.07) is 11.3. The van der Waals surface area contributed by atoms with Crippen LogP contribution in [0.15, 0.2) is 53.5 Å². The molecule has 1 unspecified atom stereocenters. The van der Waals surface area contributed by atoms with Crippen LogP contribution in [0, 0.1) is 0 Å². The molecule has 0 bridgehead atoms. The number of rotatable bonds is 7. The van der Waals surface area contributed by atoms with Crippen LogP contribution in [0.2, 0.25) is 0 Å². The van der Waals surface area contributed by atoms with E-state index in [1.54, 1.807) is 31.4 Å². The molecule has 0 heterocycles. The third kappa shape index (κ3) is 7.80. The van der Waals surface area contributed by atoms with Crippen molar-refractivity contribution in [3.05, 3.63) is 54.1 Å². The number of aliphatic hydroxyl groups is 1. The van der Waals surface area contributed by atoms with Crippen molar-refractivity contribution in [1.29, 1.82) is 0 Å². The molecule has 4 N–H and O–H groups in total. The van der Waals surface area contributed by atoms with Crippen LogP contribution in [0.4, 0.5) is 18.9 Å². The maximum Gasteiger partial charge on any atom is 0.416 e. The number of aliphatic hydroxyl groups excluding tert-OH is 1. The molecule has 0 aliphatic heterocycles. The van der Waals surface area contributed by atoms with E-state index < -0.39 is 17.8 Å². The highest BCUT2D eigenvalue weighted by Crippen LogP contribution is 2.30. The monoisotopic (exact) mass is 511 g/mol. The highest BCUT2D eigenvalue weighted by atomic mass is 127. The second-order valence-corrected chi connectivity index (χ2v) is 5.57. The van der Waals surface area contributed by atoms with Gasteiger partial charge < -0.3 is 25.6 Å². The van der Waals surface area contributed by atoms with Gasteiger partial charge in [-0.15, -0.1) is 24.0 Å². The van der Waals surface area contributed by atoms with Crippen molar-refractivity contribution in [2.45, 2.75) is 12.3 Å². The molecule has 0 amide bonds. The van der Waals surface area contributed by atoms with Crippen molar-refractivity contribution >= 4 is 35.6 Å². The van der Waals surface area contributed by atoms with Crippen molar-refractivity contribution in [3.8, 4) is 11.5 Å². The second-order valence-electron chi connectivity index (χ2n) is 5.57. The molecule has 10 heteroatoms. The van der Waals surface area contributed by atoms with Gasteiger partial charge in [-0.2, -0.15) is 13.2 Å². The molecule has 0 aliphatic rings. The summed E-state index contributed by atoms with van der Waals surface area (Å²) in [5, 5.41) is 12.7. The molecule has 2 aromatic rings. The fourth-order valence-corrected chi connectivity index (χ4v) is 2.08. The summed E-state index contributed by atoms with van der Waals surface area (Å²) in [5.41, 5.74) is 5.65. The number of nitrogens with one attached hydrogen (secondary N) is 1. The van der Waals surface area contributed by atoms with Crippen LogP contribution in [-0.4, -0.2) is 37.4 Å². The Morgan fingerprint density at radius 2 is 1.86 bits per heavy atom. The van der Waals surface area contributed by atoms with Gasteiger partial charge in [0.2, 0.25) is 0 Å². The molecule has 6 nitrogen and oxygen atoms in total. The topological polar surface area (TPSA) is 89.1 Å². The number of halogens is 4. The zero-order valence-corrected chi connectivity index (χ0v) is 17.3. The minimum absolute atomic E-state index is 0. The lowest BCUT2D eigenvalue weighted by atomic mass is 10.2. The third-order valence-corrected chi connectivity index (χ3v) is 3.44. The Bertz CT molecular complexity index is 771. The van der Waals surface area contributed by atoms with E-state index in [0.29, 0.717) is 11.4 Å². The number of hydrogen-bond acceptors (Lipinski definition) is 4. The van der Waals surface area contributed by atoms with Crippen molar-refractivity contribution in [2.24, 2.45) is 10.7 Å². The predicted molar refractivity (Wildman–Crippen MR) is 111 cm³/mol. The number of alkyl halides is 3. The summed E-state index contributed by atoms with van der Waals surface area (Å²) in [4.78, 5) is 4.00. The minimum atomic E-state index is -4.40. The van der Waals surface area contributed by atoms with Crippen LogP contribution in [0.1, 0.15) is 5.56 Å². The van der Waals surface area contributed by atoms with Gasteiger partial charge in [0.15, 0.2) is 5.96 Å². The first-order valence-electron chi connectivity index (χ1n) is 7.97. The van der Waals surface area contributed by atoms with Crippen LogP contribution in [0.25, 0.3) is 0 Å². The molecule has 28 heavy (non-hydrogen) atoms. The zero-order chi connectivity index (χ0) is 19.9. The number of guanidine groups is 1. The fraction of sp³-hybridized carbons (Fsp3) is 0.278. The van der Waals surface area contributed by atoms with Gasteiger partial charge in [0, 0.05) is 11.8 Å². The lowest BCUT2D eigenvalue weighted by molar-refractivity contribution is -0.137. The summed E-state index contributed by atoms with van der Waals surface area (Å²) >= 11 is 0. The van der Waals surface area contributed by atoms with Crippen LogP contribution in [0.5, 0.6) is 11.5 Å². The quantitative estimate of drug-likeness (QED) is 0.301. The van der Waals surface area contributed by atoms with Gasteiger partial charge in [-0.05, 0) is 36.4 Å². The summed E-state index contributed by atoms with van der Waals surface area (Å²) in [7, 11) is 1.55. The number of aliphatic imine (C=N–C) groups is 1. The van der Waals surface area contributed by atoms with Gasteiger partial charge in [-0.25, -0.2) is 0 Å². The van der Waals surface area contributed by atoms with E-state index in [9.17, 15) is 18.3 Å². The molecular weight excluding hydrogens is 490 g/mol. The van der Waals surface area contributed by atoms with Gasteiger partial charge in [-0.3, -0.25) is 4.99 Å². The third-order valence-electron chi connectivity index (χ3n) is 3.44. The fourth-order valence-electron chi connectivity index (χ4n) is 2.08. The van der Waals surface area contributed by atoms with E-state index in [2.05, 4.69) is 10.3 Å². The Labute approximate surface area is 177 Å². The molecule has 0 radical (unpaired) electrons. The van der Waals surface area contributed by atoms with Gasteiger partial charge >= 0.3 is 6.18 Å². The van der Waals surface area contributed by atoms with E-state index in [4.69, 9.17) is 15.2 Å². The van der Waals surface area contributed by atoms with Gasteiger partial charge in [-0.1, -0.05) is 6.07 Å². The normalized spacial score (nSPS) is 12.7. The average molecular weight is 511 g/mol. The van der Waals surface area contributed by atoms with Gasteiger partial charge in [0.25, 0.3) is 0 Å². The molecule has 1 atom stereocenters. The summed E-state index contributed by atoms with van der Waals surface area (Å²) in [6.45, 7) is -0.176. The van der Waals surface area contributed by atoms with E-state index in [1.165, 1.54) is 12.1 Å². The van der Waals surface area contributed by atoms with Crippen molar-refractivity contribution in [3.63, 3.8) is 0 Å². The number of nitrogens with two attached hydrogens (primary N) is 1. The van der Waals surface area contributed by atoms with Crippen molar-refractivity contribution in [2.75, 3.05) is 25.6 Å². The number of hydrogen-bond donors (Lipinski definition) is 3. The summed E-state index contributed by atoms with van der Waals surface area (Å²) in [6.07, 6.45) is -5.38. The molecule has 2 aromatic carbocycles. The molecule has 0 aliphatic carbocycles. The Balaban J connectivity index is 0.00000392. The standard InChI is InChI=1S/C18H20F3N3O3.HI/c1-26-16-4-2-3-13(9-16)24-17(22)23-10-14(25)11-27-15-7-5-12(6-8-15)18(19,20)21;/h2-9,14,25H,10-11H2,1H3,(H3,22,23,24);1H. The van der Waals surface area contributed by atoms with Gasteiger partial charge in [0.05, 0.1) is 19.2 Å². The first kappa shape index (κ1) is 23.8.